The quantitative estimate of drug-likeness (QED) is 0.365. The topological polar surface area (TPSA) is 73.1 Å². The summed E-state index contributed by atoms with van der Waals surface area (Å²) in [4.78, 5) is 4.07. The van der Waals surface area contributed by atoms with E-state index in [1.807, 2.05) is 34.9 Å². The zero-order valence-electron chi connectivity index (χ0n) is 17.3. The predicted octanol–water partition coefficient (Wildman–Crippen LogP) is 4.20. The molecule has 1 atom stereocenters. The molecule has 0 aliphatic rings. The third-order valence-electron chi connectivity index (χ3n) is 4.77. The van der Waals surface area contributed by atoms with Gasteiger partial charge in [0.15, 0.2) is 11.0 Å². The van der Waals surface area contributed by atoms with Crippen LogP contribution in [-0.4, -0.2) is 43.3 Å². The molecule has 2 aromatic heterocycles. The molecule has 2 aromatic carbocycles. The van der Waals surface area contributed by atoms with E-state index in [4.69, 9.17) is 4.74 Å². The van der Waals surface area contributed by atoms with Gasteiger partial charge in [-0.3, -0.25) is 9.55 Å². The monoisotopic (exact) mass is 450 g/mol. The smallest absolute Gasteiger partial charge is 0.191 e. The van der Waals surface area contributed by atoms with Crippen molar-refractivity contribution in [2.75, 3.05) is 12.4 Å². The van der Waals surface area contributed by atoms with Crippen LogP contribution < -0.4 is 0 Å². The Morgan fingerprint density at radius 2 is 1.72 bits per heavy atom. The van der Waals surface area contributed by atoms with Crippen molar-refractivity contribution in [3.05, 3.63) is 96.1 Å². The van der Waals surface area contributed by atoms with Gasteiger partial charge in [0.25, 0.3) is 0 Å². The summed E-state index contributed by atoms with van der Waals surface area (Å²) >= 11 is 1.41. The number of aromatic nitrogens is 4. The van der Waals surface area contributed by atoms with Crippen LogP contribution in [0, 0.1) is 5.82 Å². The molecule has 1 N–H and O–H groups in total. The number of pyridine rings is 1. The third kappa shape index (κ3) is 5.79. The summed E-state index contributed by atoms with van der Waals surface area (Å²) in [5, 5.41) is 19.8. The lowest BCUT2D eigenvalue weighted by molar-refractivity contribution is 0.0386. The highest BCUT2D eigenvalue weighted by Gasteiger charge is 2.16. The van der Waals surface area contributed by atoms with Gasteiger partial charge in [0, 0.05) is 29.3 Å². The van der Waals surface area contributed by atoms with Gasteiger partial charge in [0.2, 0.25) is 0 Å². The fraction of sp³-hybridized carbons (Fsp3) is 0.208. The molecule has 0 bridgehead atoms. The van der Waals surface area contributed by atoms with Gasteiger partial charge in [-0.05, 0) is 23.8 Å². The second-order valence-electron chi connectivity index (χ2n) is 7.19. The molecule has 8 heteroatoms. The summed E-state index contributed by atoms with van der Waals surface area (Å²) < 4.78 is 21.2. The first-order valence-electron chi connectivity index (χ1n) is 10.2. The maximum Gasteiger partial charge on any atom is 0.191 e. The van der Waals surface area contributed by atoms with Crippen LogP contribution in [-0.2, 0) is 17.9 Å². The molecule has 164 valence electrons. The Hall–Kier alpha value is -3.07. The molecule has 4 rings (SSSR count). The number of aliphatic hydroxyl groups excluding tert-OH is 1. The van der Waals surface area contributed by atoms with Crippen molar-refractivity contribution < 1.29 is 14.2 Å². The minimum absolute atomic E-state index is 0.103. The predicted molar refractivity (Wildman–Crippen MR) is 122 cm³/mol. The highest BCUT2D eigenvalue weighted by molar-refractivity contribution is 7.99. The number of hydrogen-bond acceptors (Lipinski definition) is 6. The van der Waals surface area contributed by atoms with Crippen LogP contribution in [0.5, 0.6) is 0 Å². The van der Waals surface area contributed by atoms with Crippen molar-refractivity contribution >= 4 is 11.8 Å². The van der Waals surface area contributed by atoms with Gasteiger partial charge in [-0.25, -0.2) is 4.39 Å². The van der Waals surface area contributed by atoms with E-state index in [2.05, 4.69) is 27.3 Å². The number of thioether (sulfide) groups is 1. The van der Waals surface area contributed by atoms with Crippen molar-refractivity contribution in [2.45, 2.75) is 24.4 Å². The molecule has 0 radical (unpaired) electrons. The second-order valence-corrected chi connectivity index (χ2v) is 8.17. The van der Waals surface area contributed by atoms with Crippen molar-refractivity contribution in [2.24, 2.45) is 0 Å². The molecule has 0 amide bonds. The number of benzene rings is 2. The van der Waals surface area contributed by atoms with E-state index in [9.17, 15) is 9.50 Å². The fourth-order valence-electron chi connectivity index (χ4n) is 3.16. The van der Waals surface area contributed by atoms with E-state index in [1.165, 1.54) is 17.8 Å². The first-order chi connectivity index (χ1) is 15.7. The van der Waals surface area contributed by atoms with Crippen LogP contribution in [0.25, 0.3) is 11.4 Å². The molecule has 0 saturated carbocycles. The number of hydrogen-bond donors (Lipinski definition) is 1. The largest absolute Gasteiger partial charge is 0.390 e. The average Bonchev–Trinajstić information content (AvgIpc) is 3.22. The van der Waals surface area contributed by atoms with E-state index >= 15 is 0 Å². The molecule has 4 aromatic rings. The summed E-state index contributed by atoms with van der Waals surface area (Å²) in [5.74, 6) is 0.804. The normalized spacial score (nSPS) is 12.1. The first kappa shape index (κ1) is 22.1. The molecule has 6 nitrogen and oxygen atoms in total. The van der Waals surface area contributed by atoms with Crippen LogP contribution in [0.2, 0.25) is 0 Å². The van der Waals surface area contributed by atoms with Crippen LogP contribution in [0.3, 0.4) is 0 Å². The van der Waals surface area contributed by atoms with Crippen LogP contribution in [0.15, 0.2) is 84.3 Å². The molecule has 0 unspecified atom stereocenters. The second kappa shape index (κ2) is 11.0. The van der Waals surface area contributed by atoms with Crippen LogP contribution >= 0.6 is 11.8 Å². The van der Waals surface area contributed by atoms with Crippen molar-refractivity contribution in [3.8, 4) is 11.4 Å². The average molecular weight is 451 g/mol. The molecule has 0 spiro atoms. The van der Waals surface area contributed by atoms with Crippen LogP contribution in [0.4, 0.5) is 4.39 Å². The number of rotatable bonds is 10. The Morgan fingerprint density at radius 3 is 2.50 bits per heavy atom. The Kier molecular flexibility index (Phi) is 7.60. The number of halogens is 1. The zero-order chi connectivity index (χ0) is 22.2. The lowest BCUT2D eigenvalue weighted by Crippen LogP contribution is -2.18. The Balaban J connectivity index is 1.41. The van der Waals surface area contributed by atoms with Crippen molar-refractivity contribution in [1.29, 1.82) is 0 Å². The number of aliphatic hydroxyl groups is 1. The maximum atomic E-state index is 13.7. The summed E-state index contributed by atoms with van der Waals surface area (Å²) in [6.45, 7) is 0.823. The van der Waals surface area contributed by atoms with Gasteiger partial charge >= 0.3 is 0 Å². The standard InChI is InChI=1S/C24H23FN4O2S/c25-22-9-5-4-8-20(22)15-31-16-21(30)17-32-24-28-27-23(19-10-12-26-13-11-19)29(24)14-18-6-2-1-3-7-18/h1-13,21,30H,14-17H2/t21-/m1/s1. The maximum absolute atomic E-state index is 13.7. The van der Waals surface area contributed by atoms with Crippen molar-refractivity contribution in [1.82, 2.24) is 19.7 Å². The molecule has 0 aliphatic carbocycles. The highest BCUT2D eigenvalue weighted by atomic mass is 32.2. The Bertz CT molecular complexity index is 1130. The SMILES string of the molecule is O[C@H](COCc1ccccc1F)CSc1nnc(-c2ccncc2)n1Cc1ccccc1. The molecular formula is C24H23FN4O2S. The highest BCUT2D eigenvalue weighted by Crippen LogP contribution is 2.25. The molecule has 0 saturated heterocycles. The van der Waals surface area contributed by atoms with Crippen LogP contribution in [0.1, 0.15) is 11.1 Å². The number of nitrogens with zero attached hydrogens (tertiary/aromatic N) is 4. The summed E-state index contributed by atoms with van der Waals surface area (Å²) in [5.41, 5.74) is 2.51. The minimum Gasteiger partial charge on any atom is -0.390 e. The van der Waals surface area contributed by atoms with E-state index in [0.717, 1.165) is 17.0 Å². The molecule has 0 aliphatic heterocycles. The molecular weight excluding hydrogens is 427 g/mol. The van der Waals surface area contributed by atoms with E-state index in [-0.39, 0.29) is 19.0 Å². The summed E-state index contributed by atoms with van der Waals surface area (Å²) in [6.07, 6.45) is 2.72. The summed E-state index contributed by atoms with van der Waals surface area (Å²) in [7, 11) is 0. The van der Waals surface area contributed by atoms with Gasteiger partial charge in [0.1, 0.15) is 5.82 Å². The number of ether oxygens (including phenoxy) is 1. The van der Waals surface area contributed by atoms with E-state index in [0.29, 0.717) is 23.0 Å². The Morgan fingerprint density at radius 1 is 0.969 bits per heavy atom. The van der Waals surface area contributed by atoms with Gasteiger partial charge in [0.05, 0.1) is 25.9 Å². The van der Waals surface area contributed by atoms with E-state index in [1.54, 1.807) is 30.6 Å². The van der Waals surface area contributed by atoms with Crippen molar-refractivity contribution in [3.63, 3.8) is 0 Å². The van der Waals surface area contributed by atoms with E-state index < -0.39 is 6.10 Å². The first-order valence-corrected chi connectivity index (χ1v) is 11.2. The van der Waals surface area contributed by atoms with Gasteiger partial charge in [-0.15, -0.1) is 10.2 Å². The molecule has 0 fully saturated rings. The zero-order valence-corrected chi connectivity index (χ0v) is 18.2. The van der Waals surface area contributed by atoms with Gasteiger partial charge in [-0.2, -0.15) is 0 Å². The third-order valence-corrected chi connectivity index (χ3v) is 5.88. The minimum atomic E-state index is -0.724. The van der Waals surface area contributed by atoms with Gasteiger partial charge < -0.3 is 9.84 Å². The molecule has 2 heterocycles. The molecule has 32 heavy (non-hydrogen) atoms. The summed E-state index contributed by atoms with van der Waals surface area (Å²) in [6, 6.07) is 20.3. The fourth-order valence-corrected chi connectivity index (χ4v) is 4.00. The Labute approximate surface area is 190 Å². The lowest BCUT2D eigenvalue weighted by atomic mass is 10.2. The lowest BCUT2D eigenvalue weighted by Gasteiger charge is -2.13. The van der Waals surface area contributed by atoms with Gasteiger partial charge in [-0.1, -0.05) is 60.3 Å².